The second-order valence-corrected chi connectivity index (χ2v) is 7.10. The first-order valence-electron chi connectivity index (χ1n) is 9.22. The van der Waals surface area contributed by atoms with E-state index in [1.165, 1.54) is 24.3 Å². The maximum Gasteiger partial charge on any atom is 0.262 e. The van der Waals surface area contributed by atoms with Gasteiger partial charge >= 0.3 is 0 Å². The summed E-state index contributed by atoms with van der Waals surface area (Å²) in [5.74, 6) is -2.03. The minimum Gasteiger partial charge on any atom is -0.354 e. The standard InChI is InChI=1S/C21H18FN3O4/c22-14-5-7-15(8-6-14)24-11-13(9-19(24)27)10-23-18(26)12-25-20(28)16-3-1-2-4-17(16)21(25)29/h1-8,13H,9-12H2,(H,23,26). The first-order valence-corrected chi connectivity index (χ1v) is 9.22. The Balaban J connectivity index is 1.32. The Morgan fingerprint density at radius 2 is 1.62 bits per heavy atom. The van der Waals surface area contributed by atoms with E-state index in [4.69, 9.17) is 0 Å². The van der Waals surface area contributed by atoms with Crippen LogP contribution in [-0.2, 0) is 9.59 Å². The maximum absolute atomic E-state index is 13.1. The molecule has 2 aliphatic heterocycles. The Bertz CT molecular complexity index is 970. The van der Waals surface area contributed by atoms with Crippen LogP contribution in [0.5, 0.6) is 0 Å². The Kier molecular flexibility index (Phi) is 4.84. The quantitative estimate of drug-likeness (QED) is 0.779. The van der Waals surface area contributed by atoms with E-state index in [2.05, 4.69) is 5.32 Å². The van der Waals surface area contributed by atoms with Crippen LogP contribution in [0.1, 0.15) is 27.1 Å². The number of halogens is 1. The molecule has 29 heavy (non-hydrogen) atoms. The summed E-state index contributed by atoms with van der Waals surface area (Å²) >= 11 is 0. The number of benzene rings is 2. The molecule has 0 aliphatic carbocycles. The van der Waals surface area contributed by atoms with Gasteiger partial charge in [-0.15, -0.1) is 0 Å². The summed E-state index contributed by atoms with van der Waals surface area (Å²) in [6.45, 7) is 0.276. The van der Waals surface area contributed by atoms with Gasteiger partial charge in [0.15, 0.2) is 0 Å². The lowest BCUT2D eigenvalue weighted by Crippen LogP contribution is -2.42. The summed E-state index contributed by atoms with van der Waals surface area (Å²) in [5.41, 5.74) is 1.19. The topological polar surface area (TPSA) is 86.8 Å². The predicted molar refractivity (Wildman–Crippen MR) is 102 cm³/mol. The second kappa shape index (κ2) is 7.46. The molecule has 1 fully saturated rings. The second-order valence-electron chi connectivity index (χ2n) is 7.10. The summed E-state index contributed by atoms with van der Waals surface area (Å²) in [5, 5.41) is 2.70. The van der Waals surface area contributed by atoms with Crippen molar-refractivity contribution in [2.45, 2.75) is 6.42 Å². The SMILES string of the molecule is O=C(CN1C(=O)c2ccccc2C1=O)NCC1CC(=O)N(c2ccc(F)cc2)C1. The minimum absolute atomic E-state index is 0.101. The van der Waals surface area contributed by atoms with Gasteiger partial charge < -0.3 is 10.2 Å². The van der Waals surface area contributed by atoms with Gasteiger partial charge in [0.05, 0.1) is 11.1 Å². The average Bonchev–Trinajstić information content (AvgIpc) is 3.20. The molecule has 7 nitrogen and oxygen atoms in total. The number of carbonyl (C=O) groups is 4. The predicted octanol–water partition coefficient (Wildman–Crippen LogP) is 1.59. The fraction of sp³-hybridized carbons (Fsp3) is 0.238. The molecule has 4 rings (SSSR count). The first kappa shape index (κ1) is 18.8. The van der Waals surface area contributed by atoms with Gasteiger partial charge in [0.1, 0.15) is 12.4 Å². The van der Waals surface area contributed by atoms with Crippen molar-refractivity contribution in [1.29, 1.82) is 0 Å². The molecule has 1 atom stereocenters. The molecule has 2 aromatic rings. The molecule has 2 aromatic carbocycles. The Morgan fingerprint density at radius 1 is 1.00 bits per heavy atom. The zero-order valence-electron chi connectivity index (χ0n) is 15.4. The van der Waals surface area contributed by atoms with Gasteiger partial charge in [0, 0.05) is 31.1 Å². The third-order valence-corrected chi connectivity index (χ3v) is 5.11. The molecule has 1 unspecified atom stereocenters. The largest absolute Gasteiger partial charge is 0.354 e. The van der Waals surface area contributed by atoms with E-state index in [-0.39, 0.29) is 37.2 Å². The number of hydrogen-bond acceptors (Lipinski definition) is 4. The van der Waals surface area contributed by atoms with E-state index in [9.17, 15) is 23.6 Å². The molecular formula is C21H18FN3O4. The Labute approximate surface area is 166 Å². The van der Waals surface area contributed by atoms with Crippen LogP contribution in [0.3, 0.4) is 0 Å². The van der Waals surface area contributed by atoms with Gasteiger partial charge in [0.2, 0.25) is 11.8 Å². The van der Waals surface area contributed by atoms with Crippen molar-refractivity contribution in [3.05, 3.63) is 65.5 Å². The first-order chi connectivity index (χ1) is 13.9. The van der Waals surface area contributed by atoms with E-state index in [0.717, 1.165) is 4.90 Å². The molecule has 1 N–H and O–H groups in total. The molecule has 0 aromatic heterocycles. The van der Waals surface area contributed by atoms with E-state index < -0.39 is 17.7 Å². The van der Waals surface area contributed by atoms with Crippen molar-refractivity contribution < 1.29 is 23.6 Å². The summed E-state index contributed by atoms with van der Waals surface area (Å²) in [4.78, 5) is 51.6. The van der Waals surface area contributed by atoms with Crippen LogP contribution < -0.4 is 10.2 Å². The third kappa shape index (κ3) is 3.61. The van der Waals surface area contributed by atoms with E-state index >= 15 is 0 Å². The summed E-state index contributed by atoms with van der Waals surface area (Å²) in [6.07, 6.45) is 0.255. The highest BCUT2D eigenvalue weighted by Crippen LogP contribution is 2.25. The van der Waals surface area contributed by atoms with E-state index in [1.54, 1.807) is 29.2 Å². The van der Waals surface area contributed by atoms with Crippen LogP contribution in [0, 0.1) is 11.7 Å². The van der Waals surface area contributed by atoms with Crippen LogP contribution >= 0.6 is 0 Å². The third-order valence-electron chi connectivity index (χ3n) is 5.11. The van der Waals surface area contributed by atoms with Crippen LogP contribution in [0.2, 0.25) is 0 Å². The number of anilines is 1. The van der Waals surface area contributed by atoms with Crippen LogP contribution in [0.15, 0.2) is 48.5 Å². The Morgan fingerprint density at radius 3 is 2.24 bits per heavy atom. The number of imide groups is 1. The van der Waals surface area contributed by atoms with Crippen molar-refractivity contribution >= 4 is 29.3 Å². The summed E-state index contributed by atoms with van der Waals surface area (Å²) in [6, 6.07) is 12.1. The van der Waals surface area contributed by atoms with Crippen molar-refractivity contribution in [1.82, 2.24) is 10.2 Å². The number of amides is 4. The minimum atomic E-state index is -0.487. The van der Waals surface area contributed by atoms with Crippen LogP contribution in [0.4, 0.5) is 10.1 Å². The van der Waals surface area contributed by atoms with Crippen LogP contribution in [0.25, 0.3) is 0 Å². The van der Waals surface area contributed by atoms with Gasteiger partial charge in [-0.3, -0.25) is 24.1 Å². The molecule has 0 radical (unpaired) electrons. The molecule has 0 spiro atoms. The normalized spacial score (nSPS) is 18.4. The molecular weight excluding hydrogens is 377 g/mol. The molecule has 2 aliphatic rings. The molecule has 8 heteroatoms. The average molecular weight is 395 g/mol. The van der Waals surface area contributed by atoms with Crippen molar-refractivity contribution in [3.63, 3.8) is 0 Å². The summed E-state index contributed by atoms with van der Waals surface area (Å²) < 4.78 is 13.1. The van der Waals surface area contributed by atoms with Crippen molar-refractivity contribution in [2.75, 3.05) is 24.5 Å². The van der Waals surface area contributed by atoms with Crippen molar-refractivity contribution in [3.8, 4) is 0 Å². The highest BCUT2D eigenvalue weighted by molar-refractivity contribution is 6.22. The number of fused-ring (bicyclic) bond motifs is 1. The maximum atomic E-state index is 13.1. The van der Waals surface area contributed by atoms with Gasteiger partial charge in [-0.05, 0) is 36.4 Å². The molecule has 0 bridgehead atoms. The highest BCUT2D eigenvalue weighted by Gasteiger charge is 2.36. The van der Waals surface area contributed by atoms with Crippen LogP contribution in [-0.4, -0.2) is 48.2 Å². The number of carbonyl (C=O) groups excluding carboxylic acids is 4. The van der Waals surface area contributed by atoms with Gasteiger partial charge in [-0.25, -0.2) is 4.39 Å². The lowest BCUT2D eigenvalue weighted by Gasteiger charge is -2.17. The Hall–Kier alpha value is -3.55. The number of hydrogen-bond donors (Lipinski definition) is 1. The molecule has 0 saturated carbocycles. The molecule has 2 heterocycles. The summed E-state index contributed by atoms with van der Waals surface area (Å²) in [7, 11) is 0. The zero-order valence-corrected chi connectivity index (χ0v) is 15.4. The van der Waals surface area contributed by atoms with E-state index in [0.29, 0.717) is 23.4 Å². The molecule has 4 amide bonds. The number of nitrogens with zero attached hydrogens (tertiary/aromatic N) is 2. The van der Waals surface area contributed by atoms with Crippen molar-refractivity contribution in [2.24, 2.45) is 5.92 Å². The molecule has 148 valence electrons. The van der Waals surface area contributed by atoms with Gasteiger partial charge in [-0.2, -0.15) is 0 Å². The number of nitrogens with one attached hydrogen (secondary N) is 1. The fourth-order valence-electron chi connectivity index (χ4n) is 3.63. The lowest BCUT2D eigenvalue weighted by atomic mass is 10.1. The monoisotopic (exact) mass is 395 g/mol. The fourth-order valence-corrected chi connectivity index (χ4v) is 3.63. The van der Waals surface area contributed by atoms with Gasteiger partial charge in [0.25, 0.3) is 11.8 Å². The zero-order chi connectivity index (χ0) is 20.5. The number of rotatable bonds is 5. The van der Waals surface area contributed by atoms with E-state index in [1.807, 2.05) is 0 Å². The lowest BCUT2D eigenvalue weighted by molar-refractivity contribution is -0.122. The molecule has 1 saturated heterocycles. The smallest absolute Gasteiger partial charge is 0.262 e. The highest BCUT2D eigenvalue weighted by atomic mass is 19.1. The van der Waals surface area contributed by atoms with Gasteiger partial charge in [-0.1, -0.05) is 12.1 Å².